The Morgan fingerprint density at radius 3 is 3.10 bits per heavy atom. The minimum Gasteiger partial charge on any atom is -0.357 e. The van der Waals surface area contributed by atoms with E-state index in [1.54, 1.807) is 0 Å². The molecule has 2 heterocycles. The van der Waals surface area contributed by atoms with Crippen LogP contribution in [0.2, 0.25) is 0 Å². The van der Waals surface area contributed by atoms with Crippen molar-refractivity contribution in [2.75, 3.05) is 25.4 Å². The first kappa shape index (κ1) is 16.2. The summed E-state index contributed by atoms with van der Waals surface area (Å²) in [7, 11) is 0. The summed E-state index contributed by atoms with van der Waals surface area (Å²) in [5.41, 5.74) is 2.48. The highest BCUT2D eigenvalue weighted by Crippen LogP contribution is 2.25. The Balaban J connectivity index is 1.69. The van der Waals surface area contributed by atoms with Gasteiger partial charge in [0.25, 0.3) is 0 Å². The van der Waals surface area contributed by atoms with Crippen molar-refractivity contribution in [1.29, 1.82) is 0 Å². The molecule has 6 heteroatoms. The van der Waals surface area contributed by atoms with Crippen LogP contribution in [0.4, 0.5) is 0 Å². The Kier molecular flexibility index (Phi) is 6.92. The predicted octanol–water partition coefficient (Wildman–Crippen LogP) is 2.10. The number of H-pyrrole nitrogens is 1. The molecular weight excluding hydrogens is 282 g/mol. The molecule has 0 aromatic carbocycles. The van der Waals surface area contributed by atoms with Gasteiger partial charge in [0.1, 0.15) is 0 Å². The highest BCUT2D eigenvalue weighted by Gasteiger charge is 2.14. The van der Waals surface area contributed by atoms with E-state index in [0.29, 0.717) is 5.25 Å². The number of thioether (sulfide) groups is 1. The third-order valence-electron chi connectivity index (χ3n) is 3.67. The van der Waals surface area contributed by atoms with E-state index in [1.807, 2.05) is 6.20 Å². The molecule has 0 spiro atoms. The first-order chi connectivity index (χ1) is 10.3. The summed E-state index contributed by atoms with van der Waals surface area (Å²) >= 11 is 2.06. The summed E-state index contributed by atoms with van der Waals surface area (Å²) in [5, 5.41) is 14.5. The average Bonchev–Trinajstić information content (AvgIpc) is 3.13. The van der Waals surface area contributed by atoms with Crippen molar-refractivity contribution >= 4 is 17.7 Å². The van der Waals surface area contributed by atoms with Gasteiger partial charge in [0.05, 0.1) is 12.7 Å². The summed E-state index contributed by atoms with van der Waals surface area (Å²) in [6, 6.07) is 0. The molecule has 1 atom stereocenters. The van der Waals surface area contributed by atoms with Gasteiger partial charge in [-0.05, 0) is 50.8 Å². The fraction of sp³-hybridized carbons (Fsp3) is 0.733. The Labute approximate surface area is 131 Å². The summed E-state index contributed by atoms with van der Waals surface area (Å²) < 4.78 is 0. The minimum atomic E-state index is 0.717. The number of rotatable bonds is 7. The molecule has 1 unspecified atom stereocenters. The molecule has 2 rings (SSSR count). The number of aliphatic imine (C=N–C) groups is 1. The lowest BCUT2D eigenvalue weighted by molar-refractivity contribution is 0.732. The maximum atomic E-state index is 4.70. The third kappa shape index (κ3) is 5.61. The molecule has 1 aliphatic heterocycles. The normalized spacial score (nSPS) is 19.0. The van der Waals surface area contributed by atoms with Crippen LogP contribution in [-0.2, 0) is 6.42 Å². The molecule has 1 fully saturated rings. The number of nitrogens with zero attached hydrogens (tertiary/aromatic N) is 2. The van der Waals surface area contributed by atoms with Crippen LogP contribution in [0.25, 0.3) is 0 Å². The van der Waals surface area contributed by atoms with Crippen LogP contribution in [-0.4, -0.2) is 46.8 Å². The molecule has 5 nitrogen and oxygen atoms in total. The number of aryl methyl sites for hydroxylation is 2. The number of hydrogen-bond acceptors (Lipinski definition) is 3. The second-order valence-corrected chi connectivity index (χ2v) is 6.81. The zero-order valence-electron chi connectivity index (χ0n) is 13.1. The van der Waals surface area contributed by atoms with E-state index in [1.165, 1.54) is 29.9 Å². The summed E-state index contributed by atoms with van der Waals surface area (Å²) in [6.07, 6.45) is 6.72. The largest absolute Gasteiger partial charge is 0.357 e. The van der Waals surface area contributed by atoms with Crippen LogP contribution in [0.5, 0.6) is 0 Å². The molecule has 0 aliphatic carbocycles. The molecule has 1 aromatic rings. The van der Waals surface area contributed by atoms with Crippen molar-refractivity contribution in [2.45, 2.75) is 44.8 Å². The highest BCUT2D eigenvalue weighted by atomic mass is 32.2. The lowest BCUT2D eigenvalue weighted by atomic mass is 10.1. The number of nitrogens with one attached hydrogen (secondary N) is 3. The quantitative estimate of drug-likeness (QED) is 0.410. The molecule has 0 saturated carbocycles. The van der Waals surface area contributed by atoms with Gasteiger partial charge in [0.15, 0.2) is 5.96 Å². The number of hydrogen-bond donors (Lipinski definition) is 3. The van der Waals surface area contributed by atoms with Crippen LogP contribution in [0.3, 0.4) is 0 Å². The highest BCUT2D eigenvalue weighted by molar-refractivity contribution is 8.00. The smallest absolute Gasteiger partial charge is 0.191 e. The molecule has 0 radical (unpaired) electrons. The van der Waals surface area contributed by atoms with E-state index in [-0.39, 0.29) is 0 Å². The van der Waals surface area contributed by atoms with Gasteiger partial charge in [0, 0.05) is 24.0 Å². The topological polar surface area (TPSA) is 65.1 Å². The van der Waals surface area contributed by atoms with Gasteiger partial charge in [-0.3, -0.25) is 10.1 Å². The van der Waals surface area contributed by atoms with Crippen LogP contribution >= 0.6 is 11.8 Å². The van der Waals surface area contributed by atoms with Gasteiger partial charge in [-0.15, -0.1) is 0 Å². The van der Waals surface area contributed by atoms with E-state index in [0.717, 1.165) is 38.4 Å². The number of aromatic amines is 1. The van der Waals surface area contributed by atoms with Gasteiger partial charge in [-0.2, -0.15) is 16.9 Å². The SMILES string of the molecule is CCNC(=NCC1CCCS1)NCCCc1cn[nH]c1C. The Morgan fingerprint density at radius 1 is 1.52 bits per heavy atom. The monoisotopic (exact) mass is 309 g/mol. The van der Waals surface area contributed by atoms with E-state index >= 15 is 0 Å². The average molecular weight is 309 g/mol. The Hall–Kier alpha value is -1.17. The van der Waals surface area contributed by atoms with E-state index in [4.69, 9.17) is 4.99 Å². The maximum Gasteiger partial charge on any atom is 0.191 e. The van der Waals surface area contributed by atoms with E-state index in [9.17, 15) is 0 Å². The van der Waals surface area contributed by atoms with Gasteiger partial charge in [-0.25, -0.2) is 0 Å². The zero-order valence-corrected chi connectivity index (χ0v) is 13.9. The Morgan fingerprint density at radius 2 is 2.43 bits per heavy atom. The predicted molar refractivity (Wildman–Crippen MR) is 91.1 cm³/mol. The first-order valence-corrected chi connectivity index (χ1v) is 8.97. The van der Waals surface area contributed by atoms with Gasteiger partial charge in [0.2, 0.25) is 0 Å². The van der Waals surface area contributed by atoms with Crippen molar-refractivity contribution in [2.24, 2.45) is 4.99 Å². The second-order valence-electron chi connectivity index (χ2n) is 5.41. The molecule has 118 valence electrons. The van der Waals surface area contributed by atoms with E-state index < -0.39 is 0 Å². The van der Waals surface area contributed by atoms with Crippen molar-refractivity contribution < 1.29 is 0 Å². The molecule has 21 heavy (non-hydrogen) atoms. The van der Waals surface area contributed by atoms with Gasteiger partial charge < -0.3 is 10.6 Å². The van der Waals surface area contributed by atoms with Gasteiger partial charge in [-0.1, -0.05) is 0 Å². The van der Waals surface area contributed by atoms with Crippen molar-refractivity contribution in [3.8, 4) is 0 Å². The molecule has 1 saturated heterocycles. The van der Waals surface area contributed by atoms with Crippen LogP contribution < -0.4 is 10.6 Å². The standard InChI is InChI=1S/C15H27N5S/c1-3-16-15(18-11-14-7-5-9-21-14)17-8-4-6-13-10-19-20-12(13)2/h10,14H,3-9,11H2,1-2H3,(H,19,20)(H2,16,17,18). The number of guanidine groups is 1. The van der Waals surface area contributed by atoms with Gasteiger partial charge >= 0.3 is 0 Å². The third-order valence-corrected chi connectivity index (χ3v) is 5.05. The van der Waals surface area contributed by atoms with Crippen molar-refractivity contribution in [1.82, 2.24) is 20.8 Å². The lowest BCUT2D eigenvalue weighted by Crippen LogP contribution is -2.38. The molecule has 0 amide bonds. The van der Waals surface area contributed by atoms with Crippen LogP contribution in [0.1, 0.15) is 37.4 Å². The molecular formula is C15H27N5S. The number of aromatic nitrogens is 2. The molecule has 1 aromatic heterocycles. The molecule has 1 aliphatic rings. The van der Waals surface area contributed by atoms with Crippen LogP contribution in [0.15, 0.2) is 11.2 Å². The summed E-state index contributed by atoms with van der Waals surface area (Å²) in [4.78, 5) is 4.70. The molecule has 3 N–H and O–H groups in total. The zero-order chi connectivity index (χ0) is 14.9. The van der Waals surface area contributed by atoms with Crippen molar-refractivity contribution in [3.63, 3.8) is 0 Å². The fourth-order valence-electron chi connectivity index (χ4n) is 2.44. The Bertz CT molecular complexity index is 437. The summed E-state index contributed by atoms with van der Waals surface area (Å²) in [6.45, 7) is 6.95. The lowest BCUT2D eigenvalue weighted by Gasteiger charge is -2.12. The maximum absolute atomic E-state index is 4.70. The summed E-state index contributed by atoms with van der Waals surface area (Å²) in [5.74, 6) is 2.25. The van der Waals surface area contributed by atoms with Crippen molar-refractivity contribution in [3.05, 3.63) is 17.5 Å². The van der Waals surface area contributed by atoms with Crippen LogP contribution in [0, 0.1) is 6.92 Å². The van der Waals surface area contributed by atoms with E-state index in [2.05, 4.69) is 46.4 Å². The second kappa shape index (κ2) is 8.97. The fourth-order valence-corrected chi connectivity index (χ4v) is 3.62. The minimum absolute atomic E-state index is 0.717. The molecule has 0 bridgehead atoms. The first-order valence-electron chi connectivity index (χ1n) is 7.92.